The van der Waals surface area contributed by atoms with E-state index in [9.17, 15) is 4.79 Å². The zero-order valence-electron chi connectivity index (χ0n) is 13.8. The summed E-state index contributed by atoms with van der Waals surface area (Å²) in [5.41, 5.74) is 1.21. The number of rotatable bonds is 4. The van der Waals surface area contributed by atoms with Crippen LogP contribution in [0.2, 0.25) is 10.0 Å². The van der Waals surface area contributed by atoms with Gasteiger partial charge >= 0.3 is 0 Å². The first-order valence-corrected chi connectivity index (χ1v) is 10.1. The highest BCUT2D eigenvalue weighted by molar-refractivity contribution is 7.99. The second-order valence-corrected chi connectivity index (χ2v) is 7.98. The summed E-state index contributed by atoms with van der Waals surface area (Å²) >= 11 is 13.6. The van der Waals surface area contributed by atoms with Crippen LogP contribution < -0.4 is 5.56 Å². The summed E-state index contributed by atoms with van der Waals surface area (Å²) in [6.07, 6.45) is 2.32. The third-order valence-corrected chi connectivity index (χ3v) is 5.87. The van der Waals surface area contributed by atoms with E-state index >= 15 is 0 Å². The number of nitrogens with zero attached hydrogens (tertiary/aromatic N) is 2. The number of thioether (sulfide) groups is 1. The number of fused-ring (bicyclic) bond motifs is 1. The number of aromatic nitrogens is 2. The molecule has 0 spiro atoms. The minimum atomic E-state index is -0.121. The standard InChI is InChI=1S/C19H16Cl2N2O2S/c20-12-3-6-14(7-4-12)23-18(24)16-8-5-13(21)10-17(16)22-19(23)26-11-15-2-1-9-25-15/h3-8,10,15H,1-2,9,11H2/t15-/m0/s1. The van der Waals surface area contributed by atoms with E-state index in [4.69, 9.17) is 32.9 Å². The Morgan fingerprint density at radius 2 is 1.92 bits per heavy atom. The Labute approximate surface area is 165 Å². The molecule has 1 saturated heterocycles. The lowest BCUT2D eigenvalue weighted by molar-refractivity contribution is 0.129. The van der Waals surface area contributed by atoms with Crippen LogP contribution in [0.15, 0.2) is 52.4 Å². The van der Waals surface area contributed by atoms with Crippen LogP contribution in [-0.4, -0.2) is 28.0 Å². The quantitative estimate of drug-likeness (QED) is 0.453. The van der Waals surface area contributed by atoms with Gasteiger partial charge in [-0.1, -0.05) is 35.0 Å². The topological polar surface area (TPSA) is 44.1 Å². The number of halogens is 2. The van der Waals surface area contributed by atoms with Crippen LogP contribution in [0.3, 0.4) is 0 Å². The average molecular weight is 407 g/mol. The van der Waals surface area contributed by atoms with Gasteiger partial charge in [-0.3, -0.25) is 9.36 Å². The van der Waals surface area contributed by atoms with Crippen LogP contribution in [0.25, 0.3) is 16.6 Å². The summed E-state index contributed by atoms with van der Waals surface area (Å²) in [5.74, 6) is 0.756. The molecule has 0 aliphatic carbocycles. The van der Waals surface area contributed by atoms with Crippen molar-refractivity contribution in [2.45, 2.75) is 24.1 Å². The third-order valence-electron chi connectivity index (χ3n) is 4.31. The van der Waals surface area contributed by atoms with Crippen LogP contribution in [0.5, 0.6) is 0 Å². The van der Waals surface area contributed by atoms with Gasteiger partial charge in [0, 0.05) is 22.4 Å². The first-order valence-electron chi connectivity index (χ1n) is 8.34. The minimum absolute atomic E-state index is 0.121. The second kappa shape index (κ2) is 7.61. The predicted molar refractivity (Wildman–Crippen MR) is 107 cm³/mol. The highest BCUT2D eigenvalue weighted by Gasteiger charge is 2.19. The van der Waals surface area contributed by atoms with Gasteiger partial charge in [-0.05, 0) is 55.3 Å². The predicted octanol–water partition coefficient (Wildman–Crippen LogP) is 4.96. The van der Waals surface area contributed by atoms with Gasteiger partial charge in [0.25, 0.3) is 5.56 Å². The zero-order chi connectivity index (χ0) is 18.1. The van der Waals surface area contributed by atoms with E-state index in [-0.39, 0.29) is 11.7 Å². The van der Waals surface area contributed by atoms with Crippen molar-refractivity contribution in [3.05, 3.63) is 62.9 Å². The van der Waals surface area contributed by atoms with Crippen molar-refractivity contribution in [2.24, 2.45) is 0 Å². The highest BCUT2D eigenvalue weighted by atomic mass is 35.5. The molecule has 1 aliphatic heterocycles. The molecule has 2 aromatic carbocycles. The molecule has 1 aliphatic rings. The van der Waals surface area contributed by atoms with E-state index in [1.807, 2.05) is 12.1 Å². The summed E-state index contributed by atoms with van der Waals surface area (Å²) in [5, 5.41) is 2.34. The van der Waals surface area contributed by atoms with Gasteiger partial charge in [-0.25, -0.2) is 4.98 Å². The molecule has 2 heterocycles. The van der Waals surface area contributed by atoms with Crippen molar-refractivity contribution in [1.82, 2.24) is 9.55 Å². The van der Waals surface area contributed by atoms with Crippen LogP contribution in [0, 0.1) is 0 Å². The fourth-order valence-corrected chi connectivity index (χ4v) is 4.37. The van der Waals surface area contributed by atoms with Crippen LogP contribution in [0.1, 0.15) is 12.8 Å². The Hall–Kier alpha value is -1.53. The molecular weight excluding hydrogens is 391 g/mol. The van der Waals surface area contributed by atoms with Crippen LogP contribution in [0.4, 0.5) is 0 Å². The van der Waals surface area contributed by atoms with Gasteiger partial charge in [0.2, 0.25) is 0 Å². The van der Waals surface area contributed by atoms with Crippen molar-refractivity contribution < 1.29 is 4.74 Å². The number of ether oxygens (including phenoxy) is 1. The van der Waals surface area contributed by atoms with Crippen molar-refractivity contribution in [1.29, 1.82) is 0 Å². The van der Waals surface area contributed by atoms with E-state index < -0.39 is 0 Å². The molecule has 3 aromatic rings. The molecule has 26 heavy (non-hydrogen) atoms. The van der Waals surface area contributed by atoms with Crippen molar-refractivity contribution in [3.63, 3.8) is 0 Å². The van der Waals surface area contributed by atoms with E-state index in [0.717, 1.165) is 30.9 Å². The van der Waals surface area contributed by atoms with Gasteiger partial charge in [-0.15, -0.1) is 0 Å². The average Bonchev–Trinajstić information content (AvgIpc) is 3.14. The van der Waals surface area contributed by atoms with Crippen molar-refractivity contribution >= 4 is 45.9 Å². The summed E-state index contributed by atoms with van der Waals surface area (Å²) in [6, 6.07) is 12.3. The van der Waals surface area contributed by atoms with E-state index in [1.54, 1.807) is 34.9 Å². The Kier molecular flexibility index (Phi) is 5.23. The number of hydrogen-bond acceptors (Lipinski definition) is 4. The van der Waals surface area contributed by atoms with Crippen molar-refractivity contribution in [2.75, 3.05) is 12.4 Å². The Bertz CT molecular complexity index is 999. The van der Waals surface area contributed by atoms with Gasteiger partial charge in [0.05, 0.1) is 22.7 Å². The van der Waals surface area contributed by atoms with Gasteiger partial charge in [0.1, 0.15) is 0 Å². The SMILES string of the molecule is O=c1c2ccc(Cl)cc2nc(SC[C@@H]2CCCO2)n1-c1ccc(Cl)cc1. The lowest BCUT2D eigenvalue weighted by atomic mass is 10.2. The zero-order valence-corrected chi connectivity index (χ0v) is 16.2. The molecule has 1 atom stereocenters. The lowest BCUT2D eigenvalue weighted by Gasteiger charge is -2.15. The maximum absolute atomic E-state index is 13.1. The van der Waals surface area contributed by atoms with Crippen molar-refractivity contribution in [3.8, 4) is 5.69 Å². The van der Waals surface area contributed by atoms with E-state index in [1.165, 1.54) is 11.8 Å². The molecule has 0 N–H and O–H groups in total. The highest BCUT2D eigenvalue weighted by Crippen LogP contribution is 2.26. The maximum atomic E-state index is 13.1. The normalized spacial score (nSPS) is 17.1. The molecule has 134 valence electrons. The summed E-state index contributed by atoms with van der Waals surface area (Å²) in [6.45, 7) is 0.802. The fraction of sp³-hybridized carbons (Fsp3) is 0.263. The Balaban J connectivity index is 1.83. The second-order valence-electron chi connectivity index (χ2n) is 6.12. The Morgan fingerprint density at radius 1 is 1.15 bits per heavy atom. The molecular formula is C19H16Cl2N2O2S. The smallest absolute Gasteiger partial charge is 0.266 e. The maximum Gasteiger partial charge on any atom is 0.266 e. The van der Waals surface area contributed by atoms with Crippen LogP contribution >= 0.6 is 35.0 Å². The molecule has 0 amide bonds. The van der Waals surface area contributed by atoms with E-state index in [2.05, 4.69) is 0 Å². The van der Waals surface area contributed by atoms with Gasteiger partial charge < -0.3 is 4.74 Å². The molecule has 1 aromatic heterocycles. The van der Waals surface area contributed by atoms with Crippen LogP contribution in [-0.2, 0) is 4.74 Å². The first kappa shape index (κ1) is 17.9. The lowest BCUT2D eigenvalue weighted by Crippen LogP contribution is -2.22. The number of benzene rings is 2. The third kappa shape index (κ3) is 3.62. The summed E-state index contributed by atoms with van der Waals surface area (Å²) in [4.78, 5) is 17.9. The number of hydrogen-bond donors (Lipinski definition) is 0. The fourth-order valence-electron chi connectivity index (χ4n) is 3.00. The van der Waals surface area contributed by atoms with E-state index in [0.29, 0.717) is 26.1 Å². The molecule has 4 rings (SSSR count). The Morgan fingerprint density at radius 3 is 2.65 bits per heavy atom. The largest absolute Gasteiger partial charge is 0.377 e. The summed E-state index contributed by atoms with van der Waals surface area (Å²) < 4.78 is 7.33. The molecule has 0 radical (unpaired) electrons. The molecule has 7 heteroatoms. The monoisotopic (exact) mass is 406 g/mol. The molecule has 1 fully saturated rings. The molecule has 4 nitrogen and oxygen atoms in total. The molecule has 0 bridgehead atoms. The minimum Gasteiger partial charge on any atom is -0.377 e. The molecule has 0 saturated carbocycles. The molecule has 0 unspecified atom stereocenters. The summed E-state index contributed by atoms with van der Waals surface area (Å²) in [7, 11) is 0. The van der Waals surface area contributed by atoms with Gasteiger partial charge in [0.15, 0.2) is 5.16 Å². The van der Waals surface area contributed by atoms with Gasteiger partial charge in [-0.2, -0.15) is 0 Å². The first-order chi connectivity index (χ1) is 12.6.